The van der Waals surface area contributed by atoms with Gasteiger partial charge in [-0.1, -0.05) is 35.4 Å². The fourth-order valence-electron chi connectivity index (χ4n) is 4.25. The Kier molecular flexibility index (Phi) is 7.90. The van der Waals surface area contributed by atoms with E-state index in [9.17, 15) is 26.3 Å². The minimum Gasteiger partial charge on any atom is -0.278 e. The van der Waals surface area contributed by atoms with Crippen LogP contribution in [0, 0.1) is 0 Å². The smallest absolute Gasteiger partial charge is 0.278 e. The molecule has 0 unspecified atom stereocenters. The summed E-state index contributed by atoms with van der Waals surface area (Å²) in [7, 11) is -1.14. The summed E-state index contributed by atoms with van der Waals surface area (Å²) in [6, 6.07) is 10.1. The molecule has 1 aliphatic rings. The highest BCUT2D eigenvalue weighted by Crippen LogP contribution is 2.57. The third kappa shape index (κ3) is 5.82. The standard InChI is InChI=1S/C26H29F6N2P/c1-16-17(2)19(4)24(5,18(16)3)35(33-14-20-6-10-22(11-7-20)25(27,28)29)34-15-21-8-12-23(13-9-21)26(30,31)32/h6-13,33-34H,14-15H2,1-5H3. The van der Waals surface area contributed by atoms with Crippen LogP contribution in [0.4, 0.5) is 26.3 Å². The molecular weight excluding hydrogens is 485 g/mol. The van der Waals surface area contributed by atoms with Gasteiger partial charge in [-0.2, -0.15) is 26.3 Å². The minimum absolute atomic E-state index is 0.345. The summed E-state index contributed by atoms with van der Waals surface area (Å²) in [5.41, 5.74) is 4.80. The molecule has 2 aromatic rings. The maximum absolute atomic E-state index is 12.9. The van der Waals surface area contributed by atoms with Gasteiger partial charge in [0.15, 0.2) is 0 Å². The Hall–Kier alpha value is -2.15. The van der Waals surface area contributed by atoms with E-state index in [1.807, 2.05) is 0 Å². The molecule has 0 heterocycles. The van der Waals surface area contributed by atoms with Gasteiger partial charge in [0.25, 0.3) is 0 Å². The van der Waals surface area contributed by atoms with Crippen molar-refractivity contribution in [3.63, 3.8) is 0 Å². The molecule has 190 valence electrons. The number of rotatable bonds is 7. The van der Waals surface area contributed by atoms with E-state index in [0.717, 1.165) is 24.3 Å². The molecule has 1 aliphatic carbocycles. The van der Waals surface area contributed by atoms with E-state index < -0.39 is 31.7 Å². The molecule has 0 saturated heterocycles. The normalized spacial score (nSPS) is 16.6. The van der Waals surface area contributed by atoms with Gasteiger partial charge in [0.1, 0.15) is 0 Å². The second-order valence-corrected chi connectivity index (χ2v) is 11.2. The van der Waals surface area contributed by atoms with E-state index in [1.54, 1.807) is 0 Å². The lowest BCUT2D eigenvalue weighted by Crippen LogP contribution is -2.36. The number of allylic oxidation sites excluding steroid dienone is 4. The maximum atomic E-state index is 12.9. The molecule has 2 N–H and O–H groups in total. The van der Waals surface area contributed by atoms with Crippen molar-refractivity contribution in [2.24, 2.45) is 0 Å². The Morgan fingerprint density at radius 2 is 0.943 bits per heavy atom. The number of alkyl halides is 6. The maximum Gasteiger partial charge on any atom is 0.416 e. The fourth-order valence-corrected chi connectivity index (χ4v) is 6.68. The van der Waals surface area contributed by atoms with Gasteiger partial charge >= 0.3 is 12.4 Å². The van der Waals surface area contributed by atoms with Crippen LogP contribution in [0.3, 0.4) is 0 Å². The van der Waals surface area contributed by atoms with Crippen molar-refractivity contribution in [1.82, 2.24) is 10.2 Å². The summed E-state index contributed by atoms with van der Waals surface area (Å²) in [5.74, 6) is 0. The summed E-state index contributed by atoms with van der Waals surface area (Å²) in [6.07, 6.45) is -8.78. The lowest BCUT2D eigenvalue weighted by Gasteiger charge is -2.39. The Morgan fingerprint density at radius 3 is 1.23 bits per heavy atom. The first kappa shape index (κ1) is 27.4. The van der Waals surface area contributed by atoms with Crippen LogP contribution in [0.15, 0.2) is 70.8 Å². The molecule has 2 aromatic carbocycles. The molecule has 0 saturated carbocycles. The van der Waals surface area contributed by atoms with Gasteiger partial charge in [-0.15, -0.1) is 0 Å². The number of benzene rings is 2. The topological polar surface area (TPSA) is 24.1 Å². The zero-order valence-corrected chi connectivity index (χ0v) is 21.1. The van der Waals surface area contributed by atoms with Crippen molar-refractivity contribution in [2.75, 3.05) is 0 Å². The Bertz CT molecular complexity index is 1030. The third-order valence-corrected chi connectivity index (χ3v) is 9.55. The van der Waals surface area contributed by atoms with E-state index in [2.05, 4.69) is 44.8 Å². The van der Waals surface area contributed by atoms with Gasteiger partial charge in [0, 0.05) is 21.3 Å². The lowest BCUT2D eigenvalue weighted by molar-refractivity contribution is -0.138. The Morgan fingerprint density at radius 1 is 0.629 bits per heavy atom. The molecule has 0 fully saturated rings. The van der Waals surface area contributed by atoms with Crippen LogP contribution in [-0.2, 0) is 25.4 Å². The SMILES string of the molecule is CC1=C(C)C(C)(P(NCc2ccc(C(F)(F)F)cc2)NCc2ccc(C(F)(F)F)cc2)C(C)=C1C. The predicted molar refractivity (Wildman–Crippen MR) is 129 cm³/mol. The van der Waals surface area contributed by atoms with Crippen LogP contribution >= 0.6 is 8.22 Å². The highest BCUT2D eigenvalue weighted by atomic mass is 31.1. The fraction of sp³-hybridized carbons (Fsp3) is 0.385. The van der Waals surface area contributed by atoms with Crippen LogP contribution in [-0.4, -0.2) is 5.16 Å². The van der Waals surface area contributed by atoms with Gasteiger partial charge in [-0.3, -0.25) is 10.2 Å². The first-order valence-electron chi connectivity index (χ1n) is 11.1. The third-order valence-electron chi connectivity index (χ3n) is 7.04. The number of hydrogen-bond acceptors (Lipinski definition) is 2. The van der Waals surface area contributed by atoms with Crippen molar-refractivity contribution in [3.8, 4) is 0 Å². The highest BCUT2D eigenvalue weighted by molar-refractivity contribution is 7.55. The molecule has 0 radical (unpaired) electrons. The van der Waals surface area contributed by atoms with Crippen LogP contribution < -0.4 is 10.2 Å². The molecule has 0 atom stereocenters. The average molecular weight is 514 g/mol. The summed E-state index contributed by atoms with van der Waals surface area (Å²) < 4.78 is 77.4. The average Bonchev–Trinajstić information content (AvgIpc) is 2.94. The second kappa shape index (κ2) is 10.1. The van der Waals surface area contributed by atoms with Crippen molar-refractivity contribution in [1.29, 1.82) is 0 Å². The number of halogens is 6. The van der Waals surface area contributed by atoms with E-state index in [-0.39, 0.29) is 5.16 Å². The van der Waals surface area contributed by atoms with Gasteiger partial charge in [0.05, 0.1) is 16.3 Å². The van der Waals surface area contributed by atoms with Crippen LogP contribution in [0.25, 0.3) is 0 Å². The minimum atomic E-state index is -4.39. The molecule has 0 spiro atoms. The van der Waals surface area contributed by atoms with Crippen LogP contribution in [0.1, 0.15) is 56.9 Å². The number of hydrogen-bond donors (Lipinski definition) is 2. The second-order valence-electron chi connectivity index (χ2n) is 8.97. The predicted octanol–water partition coefficient (Wildman–Crippen LogP) is 8.36. The van der Waals surface area contributed by atoms with Crippen LogP contribution in [0.2, 0.25) is 0 Å². The molecule has 0 bridgehead atoms. The summed E-state index contributed by atoms with van der Waals surface area (Å²) >= 11 is 0. The molecule has 35 heavy (non-hydrogen) atoms. The molecular formula is C26H29F6N2P. The van der Waals surface area contributed by atoms with Gasteiger partial charge in [-0.05, 0) is 81.2 Å². The van der Waals surface area contributed by atoms with E-state index >= 15 is 0 Å². The number of nitrogens with one attached hydrogen (secondary N) is 2. The largest absolute Gasteiger partial charge is 0.416 e. The first-order chi connectivity index (χ1) is 16.2. The van der Waals surface area contributed by atoms with E-state index in [0.29, 0.717) is 24.2 Å². The quantitative estimate of drug-likeness (QED) is 0.287. The zero-order chi connectivity index (χ0) is 26.2. The van der Waals surface area contributed by atoms with Crippen molar-refractivity contribution < 1.29 is 26.3 Å². The highest BCUT2D eigenvalue weighted by Gasteiger charge is 2.43. The monoisotopic (exact) mass is 514 g/mol. The Balaban J connectivity index is 1.83. The molecule has 3 rings (SSSR count). The summed E-state index contributed by atoms with van der Waals surface area (Å²) in [5, 5.41) is 6.66. The van der Waals surface area contributed by atoms with Crippen LogP contribution in [0.5, 0.6) is 0 Å². The van der Waals surface area contributed by atoms with Crippen molar-refractivity contribution in [3.05, 3.63) is 93.1 Å². The first-order valence-corrected chi connectivity index (χ1v) is 12.5. The lowest BCUT2D eigenvalue weighted by atomic mass is 9.98. The summed E-state index contributed by atoms with van der Waals surface area (Å²) in [4.78, 5) is 0. The van der Waals surface area contributed by atoms with Crippen molar-refractivity contribution >= 4 is 8.22 Å². The van der Waals surface area contributed by atoms with Gasteiger partial charge in [-0.25, -0.2) is 0 Å². The molecule has 9 heteroatoms. The van der Waals surface area contributed by atoms with Gasteiger partial charge in [0.2, 0.25) is 0 Å². The zero-order valence-electron chi connectivity index (χ0n) is 20.2. The molecule has 0 amide bonds. The van der Waals surface area contributed by atoms with Crippen molar-refractivity contribution in [2.45, 2.75) is 65.2 Å². The summed E-state index contributed by atoms with van der Waals surface area (Å²) in [6.45, 7) is 11.1. The van der Waals surface area contributed by atoms with Gasteiger partial charge < -0.3 is 0 Å². The van der Waals surface area contributed by atoms with E-state index in [1.165, 1.54) is 46.6 Å². The molecule has 0 aromatic heterocycles. The Labute approximate surface area is 203 Å². The molecule has 0 aliphatic heterocycles. The van der Waals surface area contributed by atoms with E-state index in [4.69, 9.17) is 0 Å². The molecule has 2 nitrogen and oxygen atoms in total.